The van der Waals surface area contributed by atoms with Crippen LogP contribution in [-0.2, 0) is 14.9 Å². The van der Waals surface area contributed by atoms with Gasteiger partial charge in [-0.25, -0.2) is 9.97 Å². The third-order valence-corrected chi connectivity index (χ3v) is 6.86. The lowest BCUT2D eigenvalue weighted by atomic mass is 9.73. The van der Waals surface area contributed by atoms with Gasteiger partial charge in [0.1, 0.15) is 0 Å². The van der Waals surface area contributed by atoms with E-state index >= 15 is 0 Å². The average molecular weight is 422 g/mol. The largest absolute Gasteiger partial charge is 0.381 e. The van der Waals surface area contributed by atoms with Crippen molar-refractivity contribution in [3.8, 4) is 0 Å². The molecule has 31 heavy (non-hydrogen) atoms. The lowest BCUT2D eigenvalue weighted by Gasteiger charge is -2.38. The van der Waals surface area contributed by atoms with E-state index in [0.29, 0.717) is 50.7 Å². The Kier molecular flexibility index (Phi) is 5.09. The smallest absolute Gasteiger partial charge is 0.251 e. The van der Waals surface area contributed by atoms with Crippen molar-refractivity contribution in [1.29, 1.82) is 0 Å². The van der Waals surface area contributed by atoms with Gasteiger partial charge in [-0.2, -0.15) is 0 Å². The van der Waals surface area contributed by atoms with E-state index in [0.717, 1.165) is 24.1 Å². The Labute approximate surface area is 181 Å². The van der Waals surface area contributed by atoms with E-state index in [1.807, 2.05) is 25.2 Å². The number of anilines is 2. The maximum atomic E-state index is 13.3. The van der Waals surface area contributed by atoms with Crippen molar-refractivity contribution in [1.82, 2.24) is 15.3 Å². The van der Waals surface area contributed by atoms with Gasteiger partial charge in [-0.05, 0) is 55.5 Å². The molecule has 0 atom stereocenters. The molecule has 3 aliphatic rings. The molecule has 1 aromatic carbocycles. The molecule has 8 nitrogen and oxygen atoms in total. The standard InChI is InChI=1S/C23H27N5O3/c1-27-19-4-3-16(20(29)26-17-5-13-31-14-6-17)15-18(19)23(21(27)30)7-11-28(12-8-23)22-24-9-2-10-25-22/h2-4,9-10,15,17H,5-8,11-14H2,1H3,(H,26,29). The molecule has 1 N–H and O–H groups in total. The number of likely N-dealkylation sites (N-methyl/N-ethyl adjacent to an activating group) is 1. The number of carbonyl (C=O) groups is 2. The van der Waals surface area contributed by atoms with Gasteiger partial charge in [-0.1, -0.05) is 0 Å². The van der Waals surface area contributed by atoms with Crippen LogP contribution in [0, 0.1) is 0 Å². The Morgan fingerprint density at radius 2 is 1.87 bits per heavy atom. The highest BCUT2D eigenvalue weighted by Gasteiger charge is 2.51. The van der Waals surface area contributed by atoms with E-state index in [4.69, 9.17) is 4.74 Å². The maximum Gasteiger partial charge on any atom is 0.251 e. The highest BCUT2D eigenvalue weighted by molar-refractivity contribution is 6.09. The number of benzene rings is 1. The molecular formula is C23H27N5O3. The number of hydrogen-bond acceptors (Lipinski definition) is 6. The van der Waals surface area contributed by atoms with E-state index < -0.39 is 5.41 Å². The molecule has 4 heterocycles. The van der Waals surface area contributed by atoms with Crippen LogP contribution in [0.3, 0.4) is 0 Å². The van der Waals surface area contributed by atoms with Crippen molar-refractivity contribution in [2.45, 2.75) is 37.1 Å². The quantitative estimate of drug-likeness (QED) is 0.815. The first-order valence-corrected chi connectivity index (χ1v) is 10.9. The summed E-state index contributed by atoms with van der Waals surface area (Å²) in [6.45, 7) is 2.75. The highest BCUT2D eigenvalue weighted by Crippen LogP contribution is 2.48. The third-order valence-electron chi connectivity index (χ3n) is 6.86. The van der Waals surface area contributed by atoms with Gasteiger partial charge in [-0.15, -0.1) is 0 Å². The molecule has 2 fully saturated rings. The summed E-state index contributed by atoms with van der Waals surface area (Å²) in [4.78, 5) is 38.8. The van der Waals surface area contributed by atoms with E-state index in [9.17, 15) is 9.59 Å². The summed E-state index contributed by atoms with van der Waals surface area (Å²) in [5.41, 5.74) is 1.89. The Hall–Kier alpha value is -3.00. The lowest BCUT2D eigenvalue weighted by Crippen LogP contribution is -2.48. The molecule has 162 valence electrons. The summed E-state index contributed by atoms with van der Waals surface area (Å²) < 4.78 is 5.38. The number of carbonyl (C=O) groups excluding carboxylic acids is 2. The molecule has 8 heteroatoms. The first kappa shape index (κ1) is 19.9. The van der Waals surface area contributed by atoms with E-state index in [2.05, 4.69) is 20.2 Å². The molecule has 2 amide bonds. The Morgan fingerprint density at radius 1 is 1.16 bits per heavy atom. The first-order valence-electron chi connectivity index (χ1n) is 10.9. The number of rotatable bonds is 3. The molecule has 2 aromatic rings. The number of nitrogens with zero attached hydrogens (tertiary/aromatic N) is 4. The molecular weight excluding hydrogens is 394 g/mol. The zero-order valence-electron chi connectivity index (χ0n) is 17.7. The maximum absolute atomic E-state index is 13.3. The van der Waals surface area contributed by atoms with Crippen molar-refractivity contribution in [2.24, 2.45) is 0 Å². The summed E-state index contributed by atoms with van der Waals surface area (Å²) in [5.74, 6) is 0.723. The van der Waals surface area contributed by atoms with Gasteiger partial charge in [0.15, 0.2) is 0 Å². The minimum Gasteiger partial charge on any atom is -0.381 e. The molecule has 0 bridgehead atoms. The van der Waals surface area contributed by atoms with Gasteiger partial charge in [0.25, 0.3) is 5.91 Å². The minimum atomic E-state index is -0.593. The van der Waals surface area contributed by atoms with E-state index in [1.165, 1.54) is 0 Å². The highest BCUT2D eigenvalue weighted by atomic mass is 16.5. The van der Waals surface area contributed by atoms with Crippen LogP contribution in [0.15, 0.2) is 36.7 Å². The third kappa shape index (κ3) is 3.44. The van der Waals surface area contributed by atoms with Crippen LogP contribution in [-0.4, -0.2) is 61.2 Å². The van der Waals surface area contributed by atoms with Crippen molar-refractivity contribution in [3.63, 3.8) is 0 Å². The molecule has 1 aromatic heterocycles. The molecule has 0 radical (unpaired) electrons. The number of aromatic nitrogens is 2. The summed E-state index contributed by atoms with van der Waals surface area (Å²) in [5, 5.41) is 3.13. The predicted molar refractivity (Wildman–Crippen MR) is 116 cm³/mol. The number of fused-ring (bicyclic) bond motifs is 2. The number of amides is 2. The van der Waals surface area contributed by atoms with Crippen molar-refractivity contribution >= 4 is 23.5 Å². The topological polar surface area (TPSA) is 87.7 Å². The van der Waals surface area contributed by atoms with Crippen LogP contribution in [0.25, 0.3) is 0 Å². The zero-order valence-corrected chi connectivity index (χ0v) is 17.7. The molecule has 5 rings (SSSR count). The van der Waals surface area contributed by atoms with Crippen molar-refractivity contribution in [2.75, 3.05) is 43.2 Å². The van der Waals surface area contributed by atoms with Crippen LogP contribution in [0.2, 0.25) is 0 Å². The van der Waals surface area contributed by atoms with Crippen LogP contribution in [0.1, 0.15) is 41.6 Å². The minimum absolute atomic E-state index is 0.0815. The van der Waals surface area contributed by atoms with Gasteiger partial charge in [0.05, 0.1) is 5.41 Å². The van der Waals surface area contributed by atoms with Crippen LogP contribution < -0.4 is 15.1 Å². The second kappa shape index (κ2) is 7.92. The monoisotopic (exact) mass is 421 g/mol. The number of nitrogens with one attached hydrogen (secondary N) is 1. The van der Waals surface area contributed by atoms with Crippen molar-refractivity contribution < 1.29 is 14.3 Å². The average Bonchev–Trinajstić information content (AvgIpc) is 3.02. The Balaban J connectivity index is 1.39. The molecule has 2 saturated heterocycles. The summed E-state index contributed by atoms with van der Waals surface area (Å²) in [6.07, 6.45) is 6.48. The fourth-order valence-electron chi connectivity index (χ4n) is 5.04. The van der Waals surface area contributed by atoms with Crippen LogP contribution >= 0.6 is 0 Å². The van der Waals surface area contributed by atoms with Gasteiger partial charge < -0.3 is 19.9 Å². The van der Waals surface area contributed by atoms with Gasteiger partial charge in [0.2, 0.25) is 11.9 Å². The Bertz CT molecular complexity index is 982. The molecule has 1 spiro atoms. The van der Waals surface area contributed by atoms with Crippen molar-refractivity contribution in [3.05, 3.63) is 47.8 Å². The Morgan fingerprint density at radius 3 is 2.58 bits per heavy atom. The first-order chi connectivity index (χ1) is 15.1. The molecule has 0 unspecified atom stereocenters. The molecule has 0 saturated carbocycles. The lowest BCUT2D eigenvalue weighted by molar-refractivity contribution is -0.123. The van der Waals surface area contributed by atoms with Crippen LogP contribution in [0.4, 0.5) is 11.6 Å². The second-order valence-corrected chi connectivity index (χ2v) is 8.57. The SMILES string of the molecule is CN1C(=O)C2(CCN(c3ncccn3)CC2)c2cc(C(=O)NC3CCOCC3)ccc21. The fourth-order valence-corrected chi connectivity index (χ4v) is 5.04. The number of hydrogen-bond donors (Lipinski definition) is 1. The second-order valence-electron chi connectivity index (χ2n) is 8.57. The molecule has 0 aliphatic carbocycles. The van der Waals surface area contributed by atoms with Crippen LogP contribution in [0.5, 0.6) is 0 Å². The van der Waals surface area contributed by atoms with E-state index in [1.54, 1.807) is 23.4 Å². The normalized spacial score (nSPS) is 20.7. The fraction of sp³-hybridized carbons (Fsp3) is 0.478. The zero-order chi connectivity index (χ0) is 21.4. The van der Waals surface area contributed by atoms with E-state index in [-0.39, 0.29) is 17.9 Å². The predicted octanol–water partition coefficient (Wildman–Crippen LogP) is 1.90. The summed E-state index contributed by atoms with van der Waals surface area (Å²) >= 11 is 0. The van der Waals surface area contributed by atoms with Gasteiger partial charge in [0, 0.05) is 63.0 Å². The van der Waals surface area contributed by atoms with Gasteiger partial charge in [-0.3, -0.25) is 9.59 Å². The summed E-state index contributed by atoms with van der Waals surface area (Å²) in [7, 11) is 1.82. The molecule has 3 aliphatic heterocycles. The number of piperidine rings is 1. The summed E-state index contributed by atoms with van der Waals surface area (Å²) in [6, 6.07) is 7.60. The number of ether oxygens (including phenoxy) is 1. The van der Waals surface area contributed by atoms with Gasteiger partial charge >= 0.3 is 0 Å².